The Kier molecular flexibility index (Phi) is 3.94. The van der Waals surface area contributed by atoms with Crippen LogP contribution in [0.15, 0.2) is 42.0 Å². The van der Waals surface area contributed by atoms with Gasteiger partial charge in [-0.3, -0.25) is 4.90 Å². The van der Waals surface area contributed by atoms with Crippen molar-refractivity contribution in [1.82, 2.24) is 19.7 Å². The molecule has 1 aliphatic heterocycles. The van der Waals surface area contributed by atoms with Crippen LogP contribution < -0.4 is 0 Å². The van der Waals surface area contributed by atoms with E-state index in [1.807, 2.05) is 25.1 Å². The average Bonchev–Trinajstić information content (AvgIpc) is 2.92. The van der Waals surface area contributed by atoms with Gasteiger partial charge in [-0.05, 0) is 43.9 Å². The molecule has 3 heterocycles. The summed E-state index contributed by atoms with van der Waals surface area (Å²) in [5.74, 6) is 0.908. The highest BCUT2D eigenvalue weighted by molar-refractivity contribution is 5.39. The van der Waals surface area contributed by atoms with Crippen LogP contribution in [0.25, 0.3) is 5.82 Å². The van der Waals surface area contributed by atoms with Gasteiger partial charge in [0, 0.05) is 30.9 Å². The Hall–Kier alpha value is -2.40. The van der Waals surface area contributed by atoms with Gasteiger partial charge in [-0.15, -0.1) is 0 Å². The number of hydrogen-bond donors (Lipinski definition) is 1. The standard InChI is InChI=1S/C19H22N4O/c1-14-6-5-9-18(20-14)23-19(24)16-10-11-22(13-17(16)21-23)12-15-7-3-2-4-8-15/h3,5-9,24H,2,4,10-13H2,1H3. The van der Waals surface area contributed by atoms with Crippen LogP contribution in [0.1, 0.15) is 29.8 Å². The Morgan fingerprint density at radius 1 is 1.25 bits per heavy atom. The molecule has 2 aliphatic rings. The van der Waals surface area contributed by atoms with E-state index >= 15 is 0 Å². The molecule has 0 radical (unpaired) electrons. The molecule has 2 aromatic heterocycles. The number of pyridine rings is 1. The molecular formula is C19H22N4O. The Morgan fingerprint density at radius 3 is 2.96 bits per heavy atom. The van der Waals surface area contributed by atoms with Crippen LogP contribution in [0.3, 0.4) is 0 Å². The second-order valence-corrected chi connectivity index (χ2v) is 6.52. The predicted octanol–water partition coefficient (Wildman–Crippen LogP) is 2.92. The van der Waals surface area contributed by atoms with Crippen molar-refractivity contribution < 1.29 is 5.11 Å². The van der Waals surface area contributed by atoms with E-state index in [1.165, 1.54) is 5.57 Å². The summed E-state index contributed by atoms with van der Waals surface area (Å²) in [5.41, 5.74) is 4.22. The van der Waals surface area contributed by atoms with Gasteiger partial charge in [0.1, 0.15) is 0 Å². The lowest BCUT2D eigenvalue weighted by atomic mass is 10.0. The van der Waals surface area contributed by atoms with Crippen LogP contribution in [-0.4, -0.2) is 37.9 Å². The third kappa shape index (κ3) is 2.87. The predicted molar refractivity (Wildman–Crippen MR) is 93.2 cm³/mol. The third-order valence-corrected chi connectivity index (χ3v) is 4.66. The fourth-order valence-corrected chi connectivity index (χ4v) is 3.41. The maximum absolute atomic E-state index is 10.5. The van der Waals surface area contributed by atoms with Gasteiger partial charge in [-0.25, -0.2) is 4.98 Å². The van der Waals surface area contributed by atoms with Crippen molar-refractivity contribution in [3.63, 3.8) is 0 Å². The minimum atomic E-state index is 0.236. The number of rotatable bonds is 3. The molecule has 5 nitrogen and oxygen atoms in total. The van der Waals surface area contributed by atoms with E-state index in [9.17, 15) is 5.11 Å². The van der Waals surface area contributed by atoms with Crippen molar-refractivity contribution in [2.45, 2.75) is 32.7 Å². The molecule has 24 heavy (non-hydrogen) atoms. The molecule has 0 spiro atoms. The van der Waals surface area contributed by atoms with E-state index in [0.717, 1.165) is 55.8 Å². The lowest BCUT2D eigenvalue weighted by Gasteiger charge is -2.26. The van der Waals surface area contributed by atoms with Gasteiger partial charge < -0.3 is 5.11 Å². The van der Waals surface area contributed by atoms with Crippen LogP contribution in [0.5, 0.6) is 5.88 Å². The fraction of sp³-hybridized carbons (Fsp3) is 0.368. The maximum atomic E-state index is 10.5. The van der Waals surface area contributed by atoms with Crippen molar-refractivity contribution in [3.05, 3.63) is 59.0 Å². The number of aryl methyl sites for hydroxylation is 1. The summed E-state index contributed by atoms with van der Waals surface area (Å²) in [7, 11) is 0. The first-order chi connectivity index (χ1) is 11.7. The summed E-state index contributed by atoms with van der Waals surface area (Å²) in [4.78, 5) is 6.86. The van der Waals surface area contributed by atoms with Gasteiger partial charge >= 0.3 is 0 Å². The average molecular weight is 322 g/mol. The van der Waals surface area contributed by atoms with Crippen LogP contribution >= 0.6 is 0 Å². The SMILES string of the molecule is Cc1cccc(-n2nc3c(c2O)CCN(CC2=CCCC=C2)C3)n1. The molecule has 1 N–H and O–H groups in total. The van der Waals surface area contributed by atoms with Crippen molar-refractivity contribution in [1.29, 1.82) is 0 Å². The largest absolute Gasteiger partial charge is 0.493 e. The van der Waals surface area contributed by atoms with Crippen LogP contribution in [0.2, 0.25) is 0 Å². The number of hydrogen-bond acceptors (Lipinski definition) is 4. The number of aromatic hydroxyl groups is 1. The van der Waals surface area contributed by atoms with E-state index < -0.39 is 0 Å². The Bertz CT molecular complexity index is 819. The second-order valence-electron chi connectivity index (χ2n) is 6.52. The minimum Gasteiger partial charge on any atom is -0.493 e. The minimum absolute atomic E-state index is 0.236. The molecular weight excluding hydrogens is 300 g/mol. The topological polar surface area (TPSA) is 54.2 Å². The van der Waals surface area contributed by atoms with E-state index in [1.54, 1.807) is 4.68 Å². The van der Waals surface area contributed by atoms with Gasteiger partial charge in [0.05, 0.1) is 5.69 Å². The normalized spacial score (nSPS) is 17.6. The monoisotopic (exact) mass is 322 g/mol. The molecule has 0 atom stereocenters. The van der Waals surface area contributed by atoms with Crippen LogP contribution in [0.4, 0.5) is 0 Å². The maximum Gasteiger partial charge on any atom is 0.219 e. The van der Waals surface area contributed by atoms with Crippen molar-refractivity contribution in [2.75, 3.05) is 13.1 Å². The lowest BCUT2D eigenvalue weighted by Crippen LogP contribution is -2.31. The first-order valence-corrected chi connectivity index (χ1v) is 8.52. The summed E-state index contributed by atoms with van der Waals surface area (Å²) in [5, 5.41) is 15.2. The molecule has 0 aromatic carbocycles. The lowest BCUT2D eigenvalue weighted by molar-refractivity contribution is 0.272. The van der Waals surface area contributed by atoms with Crippen molar-refractivity contribution >= 4 is 0 Å². The zero-order valence-corrected chi connectivity index (χ0v) is 13.9. The molecule has 5 heteroatoms. The van der Waals surface area contributed by atoms with Crippen molar-refractivity contribution in [3.8, 4) is 11.7 Å². The molecule has 0 saturated heterocycles. The summed E-state index contributed by atoms with van der Waals surface area (Å²) in [6, 6.07) is 5.75. The first kappa shape index (κ1) is 15.1. The highest BCUT2D eigenvalue weighted by Crippen LogP contribution is 2.29. The molecule has 4 rings (SSSR count). The molecule has 0 saturated carbocycles. The van der Waals surface area contributed by atoms with Gasteiger partial charge in [-0.1, -0.05) is 24.3 Å². The molecule has 124 valence electrons. The highest BCUT2D eigenvalue weighted by atomic mass is 16.3. The summed E-state index contributed by atoms with van der Waals surface area (Å²) >= 11 is 0. The highest BCUT2D eigenvalue weighted by Gasteiger charge is 2.25. The molecule has 0 amide bonds. The Labute approximate surface area is 141 Å². The van der Waals surface area contributed by atoms with Gasteiger partial charge in [0.25, 0.3) is 0 Å². The number of allylic oxidation sites excluding steroid dienone is 2. The summed E-state index contributed by atoms with van der Waals surface area (Å²) in [6.07, 6.45) is 9.90. The Balaban J connectivity index is 1.57. The molecule has 0 fully saturated rings. The summed E-state index contributed by atoms with van der Waals surface area (Å²) in [6.45, 7) is 4.61. The first-order valence-electron chi connectivity index (χ1n) is 8.52. The van der Waals surface area contributed by atoms with Gasteiger partial charge in [-0.2, -0.15) is 9.78 Å². The molecule has 0 unspecified atom stereocenters. The number of fused-ring (bicyclic) bond motifs is 1. The van der Waals surface area contributed by atoms with E-state index in [-0.39, 0.29) is 5.88 Å². The van der Waals surface area contributed by atoms with Gasteiger partial charge in [0.2, 0.25) is 5.88 Å². The molecule has 0 bridgehead atoms. The fourth-order valence-electron chi connectivity index (χ4n) is 3.41. The second kappa shape index (κ2) is 6.24. The quantitative estimate of drug-likeness (QED) is 0.944. The molecule has 1 aliphatic carbocycles. The van der Waals surface area contributed by atoms with Crippen LogP contribution in [0, 0.1) is 6.92 Å². The van der Waals surface area contributed by atoms with Crippen molar-refractivity contribution in [2.24, 2.45) is 0 Å². The zero-order chi connectivity index (χ0) is 16.5. The van der Waals surface area contributed by atoms with E-state index in [2.05, 4.69) is 33.2 Å². The number of aromatic nitrogens is 3. The third-order valence-electron chi connectivity index (χ3n) is 4.66. The Morgan fingerprint density at radius 2 is 2.17 bits per heavy atom. The molecule has 2 aromatic rings. The smallest absolute Gasteiger partial charge is 0.219 e. The number of nitrogens with zero attached hydrogens (tertiary/aromatic N) is 4. The van der Waals surface area contributed by atoms with E-state index in [4.69, 9.17) is 0 Å². The van der Waals surface area contributed by atoms with Gasteiger partial charge in [0.15, 0.2) is 5.82 Å². The van der Waals surface area contributed by atoms with E-state index in [0.29, 0.717) is 5.82 Å². The summed E-state index contributed by atoms with van der Waals surface area (Å²) < 4.78 is 1.57. The zero-order valence-electron chi connectivity index (χ0n) is 13.9. The van der Waals surface area contributed by atoms with Crippen LogP contribution in [-0.2, 0) is 13.0 Å².